The lowest BCUT2D eigenvalue weighted by Gasteiger charge is -2.33. The lowest BCUT2D eigenvalue weighted by Crippen LogP contribution is -2.48. The van der Waals surface area contributed by atoms with Gasteiger partial charge >= 0.3 is 0 Å². The topological polar surface area (TPSA) is 82.2 Å². The molecular weight excluding hydrogens is 290 g/mol. The van der Waals surface area contributed by atoms with Crippen LogP contribution < -0.4 is 0 Å². The zero-order valence-corrected chi connectivity index (χ0v) is 12.3. The third-order valence-corrected chi connectivity index (χ3v) is 5.46. The molecule has 3 heterocycles. The van der Waals surface area contributed by atoms with Gasteiger partial charge < -0.3 is 0 Å². The van der Waals surface area contributed by atoms with Crippen molar-refractivity contribution in [3.05, 3.63) is 42.5 Å². The van der Waals surface area contributed by atoms with Gasteiger partial charge in [-0.15, -0.1) is 0 Å². The summed E-state index contributed by atoms with van der Waals surface area (Å²) in [5.74, 6) is 0. The third kappa shape index (κ3) is 3.12. The van der Waals surface area contributed by atoms with Gasteiger partial charge in [0.2, 0.25) is 10.0 Å². The molecule has 1 N–H and O–H groups in total. The van der Waals surface area contributed by atoms with Crippen LogP contribution in [0.4, 0.5) is 0 Å². The summed E-state index contributed by atoms with van der Waals surface area (Å²) < 4.78 is 26.2. The van der Waals surface area contributed by atoms with Gasteiger partial charge in [0.1, 0.15) is 4.90 Å². The molecule has 1 aliphatic rings. The number of nitrogens with zero attached hydrogens (tertiary/aromatic N) is 4. The Hall–Kier alpha value is -1.77. The number of hydrogen-bond donors (Lipinski definition) is 1. The van der Waals surface area contributed by atoms with Gasteiger partial charge in [-0.25, -0.2) is 8.42 Å². The number of sulfonamides is 1. The molecule has 0 bridgehead atoms. The van der Waals surface area contributed by atoms with Crippen LogP contribution in [0, 0.1) is 0 Å². The summed E-state index contributed by atoms with van der Waals surface area (Å²) in [7, 11) is -3.41. The number of pyridine rings is 1. The van der Waals surface area contributed by atoms with E-state index in [1.54, 1.807) is 12.4 Å². The van der Waals surface area contributed by atoms with Crippen LogP contribution in [0.3, 0.4) is 0 Å². The Labute approximate surface area is 123 Å². The number of aromatic nitrogens is 3. The number of aromatic amines is 1. The molecule has 0 atom stereocenters. The summed E-state index contributed by atoms with van der Waals surface area (Å²) in [4.78, 5) is 6.47. The molecule has 0 spiro atoms. The first-order chi connectivity index (χ1) is 10.2. The van der Waals surface area contributed by atoms with Gasteiger partial charge in [-0.3, -0.25) is 15.0 Å². The first-order valence-electron chi connectivity index (χ1n) is 6.76. The summed E-state index contributed by atoms with van der Waals surface area (Å²) in [5, 5.41) is 6.25. The van der Waals surface area contributed by atoms with Crippen LogP contribution in [0.15, 0.2) is 41.8 Å². The minimum Gasteiger partial charge on any atom is -0.296 e. The molecule has 2 aromatic heterocycles. The second-order valence-corrected chi connectivity index (χ2v) is 6.91. The highest BCUT2D eigenvalue weighted by molar-refractivity contribution is 7.89. The quantitative estimate of drug-likeness (QED) is 0.879. The monoisotopic (exact) mass is 307 g/mol. The molecule has 0 saturated carbocycles. The van der Waals surface area contributed by atoms with Gasteiger partial charge in [-0.05, 0) is 17.7 Å². The van der Waals surface area contributed by atoms with E-state index in [-0.39, 0.29) is 4.90 Å². The normalized spacial score (nSPS) is 17.9. The molecule has 7 nitrogen and oxygen atoms in total. The van der Waals surface area contributed by atoms with E-state index < -0.39 is 10.0 Å². The molecule has 1 aliphatic heterocycles. The van der Waals surface area contributed by atoms with E-state index in [1.807, 2.05) is 12.1 Å². The van der Waals surface area contributed by atoms with E-state index in [0.29, 0.717) is 13.1 Å². The predicted octanol–water partition coefficient (Wildman–Crippen LogP) is 0.311. The van der Waals surface area contributed by atoms with Crippen molar-refractivity contribution in [1.29, 1.82) is 0 Å². The maximum Gasteiger partial charge on any atom is 0.246 e. The Morgan fingerprint density at radius 2 is 1.86 bits per heavy atom. The smallest absolute Gasteiger partial charge is 0.246 e. The van der Waals surface area contributed by atoms with Crippen molar-refractivity contribution in [2.24, 2.45) is 0 Å². The molecule has 3 rings (SSSR count). The number of piperazine rings is 1. The predicted molar refractivity (Wildman–Crippen MR) is 76.9 cm³/mol. The minimum atomic E-state index is -3.41. The summed E-state index contributed by atoms with van der Waals surface area (Å²) in [6.07, 6.45) is 6.31. The van der Waals surface area contributed by atoms with Gasteiger partial charge in [-0.1, -0.05) is 0 Å². The molecule has 112 valence electrons. The molecule has 0 aliphatic carbocycles. The SMILES string of the molecule is O=S(=O)(c1cn[nH]c1)N1CCN(Cc2ccncc2)CC1. The van der Waals surface area contributed by atoms with Gasteiger partial charge in [0, 0.05) is 51.3 Å². The Bertz CT molecular complexity index is 664. The van der Waals surface area contributed by atoms with Crippen molar-refractivity contribution in [3.8, 4) is 0 Å². The van der Waals surface area contributed by atoms with E-state index in [2.05, 4.69) is 20.1 Å². The van der Waals surface area contributed by atoms with Crippen LogP contribution in [0.25, 0.3) is 0 Å². The van der Waals surface area contributed by atoms with Crippen molar-refractivity contribution >= 4 is 10.0 Å². The molecular formula is C13H17N5O2S. The third-order valence-electron chi connectivity index (χ3n) is 3.60. The standard InChI is InChI=1S/C13H17N5O2S/c19-21(20,13-9-15-16-10-13)18-7-5-17(6-8-18)11-12-1-3-14-4-2-12/h1-4,9-10H,5-8,11H2,(H,15,16). The fraction of sp³-hybridized carbons (Fsp3) is 0.385. The second kappa shape index (κ2) is 5.92. The maximum absolute atomic E-state index is 12.4. The average Bonchev–Trinajstić information content (AvgIpc) is 3.04. The molecule has 1 fully saturated rings. The van der Waals surface area contributed by atoms with Crippen LogP contribution in [0.1, 0.15) is 5.56 Å². The fourth-order valence-corrected chi connectivity index (χ4v) is 3.73. The molecule has 21 heavy (non-hydrogen) atoms. The number of rotatable bonds is 4. The summed E-state index contributed by atoms with van der Waals surface area (Å²) in [6.45, 7) is 3.26. The molecule has 2 aromatic rings. The van der Waals surface area contributed by atoms with E-state index in [1.165, 1.54) is 22.3 Å². The van der Waals surface area contributed by atoms with E-state index >= 15 is 0 Å². The van der Waals surface area contributed by atoms with E-state index in [4.69, 9.17) is 0 Å². The lowest BCUT2D eigenvalue weighted by molar-refractivity contribution is 0.181. The Kier molecular flexibility index (Phi) is 4.00. The average molecular weight is 307 g/mol. The van der Waals surface area contributed by atoms with Crippen molar-refractivity contribution in [2.75, 3.05) is 26.2 Å². The Morgan fingerprint density at radius 1 is 1.14 bits per heavy atom. The highest BCUT2D eigenvalue weighted by Gasteiger charge is 2.28. The zero-order chi connectivity index (χ0) is 14.7. The van der Waals surface area contributed by atoms with E-state index in [9.17, 15) is 8.42 Å². The highest BCUT2D eigenvalue weighted by atomic mass is 32.2. The number of nitrogens with one attached hydrogen (secondary N) is 1. The van der Waals surface area contributed by atoms with Gasteiger partial charge in [0.05, 0.1) is 6.20 Å². The fourth-order valence-electron chi connectivity index (χ4n) is 2.40. The number of hydrogen-bond acceptors (Lipinski definition) is 5. The highest BCUT2D eigenvalue weighted by Crippen LogP contribution is 2.16. The molecule has 8 heteroatoms. The van der Waals surface area contributed by atoms with Gasteiger partial charge in [-0.2, -0.15) is 9.40 Å². The summed E-state index contributed by atoms with van der Waals surface area (Å²) in [6, 6.07) is 3.96. The van der Waals surface area contributed by atoms with Gasteiger partial charge in [0.25, 0.3) is 0 Å². The van der Waals surface area contributed by atoms with Crippen molar-refractivity contribution in [2.45, 2.75) is 11.4 Å². The lowest BCUT2D eigenvalue weighted by atomic mass is 10.2. The molecule has 1 saturated heterocycles. The molecule has 0 amide bonds. The minimum absolute atomic E-state index is 0.227. The Morgan fingerprint density at radius 3 is 2.48 bits per heavy atom. The van der Waals surface area contributed by atoms with E-state index in [0.717, 1.165) is 19.6 Å². The largest absolute Gasteiger partial charge is 0.296 e. The maximum atomic E-state index is 12.4. The zero-order valence-electron chi connectivity index (χ0n) is 11.5. The first kappa shape index (κ1) is 14.2. The van der Waals surface area contributed by atoms with Crippen LogP contribution in [0.2, 0.25) is 0 Å². The first-order valence-corrected chi connectivity index (χ1v) is 8.20. The molecule has 0 unspecified atom stereocenters. The second-order valence-electron chi connectivity index (χ2n) is 4.97. The molecule has 0 radical (unpaired) electrons. The van der Waals surface area contributed by atoms with Gasteiger partial charge in [0.15, 0.2) is 0 Å². The Balaban J connectivity index is 1.61. The van der Waals surface area contributed by atoms with Crippen LogP contribution in [-0.4, -0.2) is 59.0 Å². The number of H-pyrrole nitrogens is 1. The summed E-state index contributed by atoms with van der Waals surface area (Å²) in [5.41, 5.74) is 1.19. The summed E-state index contributed by atoms with van der Waals surface area (Å²) >= 11 is 0. The van der Waals surface area contributed by atoms with Crippen molar-refractivity contribution < 1.29 is 8.42 Å². The van der Waals surface area contributed by atoms with Crippen molar-refractivity contribution in [1.82, 2.24) is 24.4 Å². The van der Waals surface area contributed by atoms with Crippen LogP contribution in [0.5, 0.6) is 0 Å². The van der Waals surface area contributed by atoms with Crippen molar-refractivity contribution in [3.63, 3.8) is 0 Å². The van der Waals surface area contributed by atoms with Crippen LogP contribution in [-0.2, 0) is 16.6 Å². The molecule has 0 aromatic carbocycles. The van der Waals surface area contributed by atoms with Crippen LogP contribution >= 0.6 is 0 Å².